The minimum atomic E-state index is -1.38. The summed E-state index contributed by atoms with van der Waals surface area (Å²) in [5, 5.41) is 8.80. The number of hydrogen-bond acceptors (Lipinski definition) is 3. The van der Waals surface area contributed by atoms with Crippen molar-refractivity contribution in [2.75, 3.05) is 0 Å². The number of carboxylic acids is 1. The Kier molecular flexibility index (Phi) is 7.02. The van der Waals surface area contributed by atoms with Crippen LogP contribution in [-0.2, 0) is 4.79 Å². The van der Waals surface area contributed by atoms with E-state index in [1.807, 2.05) is 0 Å². The van der Waals surface area contributed by atoms with Crippen LogP contribution in [0, 0.1) is 5.82 Å². The van der Waals surface area contributed by atoms with Crippen molar-refractivity contribution in [3.63, 3.8) is 0 Å². The maximum Gasteiger partial charge on any atom is 0.338 e. The van der Waals surface area contributed by atoms with E-state index in [-0.39, 0.29) is 15.0 Å². The first-order valence-corrected chi connectivity index (χ1v) is 7.58. The standard InChI is InChI=1S/C14H16ClFO3S/c1-2-3-4-5-6-13(17)20-12-7-9(14(18)19)11(16)8-10(12)15/h7-8H,2-6H2,1H3,(H,18,19). The van der Waals surface area contributed by atoms with Gasteiger partial charge in [-0.1, -0.05) is 49.5 Å². The monoisotopic (exact) mass is 318 g/mol. The van der Waals surface area contributed by atoms with Crippen LogP contribution in [0.3, 0.4) is 0 Å². The molecule has 0 fully saturated rings. The third kappa shape index (κ3) is 5.13. The second-order valence-electron chi connectivity index (χ2n) is 4.35. The summed E-state index contributed by atoms with van der Waals surface area (Å²) in [6.07, 6.45) is 4.36. The Morgan fingerprint density at radius 2 is 2.00 bits per heavy atom. The van der Waals surface area contributed by atoms with E-state index in [4.69, 9.17) is 16.7 Å². The van der Waals surface area contributed by atoms with E-state index >= 15 is 0 Å². The van der Waals surface area contributed by atoms with E-state index in [9.17, 15) is 14.0 Å². The maximum atomic E-state index is 13.3. The summed E-state index contributed by atoms with van der Waals surface area (Å²) in [7, 11) is 0. The van der Waals surface area contributed by atoms with Gasteiger partial charge in [0.05, 0.1) is 10.6 Å². The number of aromatic carboxylic acids is 1. The molecule has 0 unspecified atom stereocenters. The van der Waals surface area contributed by atoms with Gasteiger partial charge in [-0.2, -0.15) is 0 Å². The zero-order chi connectivity index (χ0) is 15.1. The van der Waals surface area contributed by atoms with Gasteiger partial charge in [-0.25, -0.2) is 9.18 Å². The average Bonchev–Trinajstić information content (AvgIpc) is 2.37. The minimum Gasteiger partial charge on any atom is -0.478 e. The van der Waals surface area contributed by atoms with Crippen molar-refractivity contribution in [3.05, 3.63) is 28.5 Å². The average molecular weight is 319 g/mol. The highest BCUT2D eigenvalue weighted by atomic mass is 35.5. The van der Waals surface area contributed by atoms with Crippen LogP contribution in [-0.4, -0.2) is 16.2 Å². The van der Waals surface area contributed by atoms with E-state index < -0.39 is 17.3 Å². The first-order chi connectivity index (χ1) is 9.45. The summed E-state index contributed by atoms with van der Waals surface area (Å²) >= 11 is 6.70. The van der Waals surface area contributed by atoms with Crippen LogP contribution in [0.1, 0.15) is 49.4 Å². The quantitative estimate of drug-likeness (QED) is 0.581. The number of hydrogen-bond donors (Lipinski definition) is 1. The molecule has 0 bridgehead atoms. The highest BCUT2D eigenvalue weighted by Crippen LogP contribution is 2.31. The van der Waals surface area contributed by atoms with Crippen molar-refractivity contribution in [2.24, 2.45) is 0 Å². The number of rotatable bonds is 7. The van der Waals surface area contributed by atoms with Crippen molar-refractivity contribution >= 4 is 34.4 Å². The highest BCUT2D eigenvalue weighted by Gasteiger charge is 2.16. The first-order valence-electron chi connectivity index (χ1n) is 6.38. The normalized spacial score (nSPS) is 10.6. The van der Waals surface area contributed by atoms with Crippen LogP contribution in [0.4, 0.5) is 4.39 Å². The summed E-state index contributed by atoms with van der Waals surface area (Å²) in [6, 6.07) is 2.03. The van der Waals surface area contributed by atoms with Gasteiger partial charge in [-0.3, -0.25) is 4.79 Å². The van der Waals surface area contributed by atoms with Crippen molar-refractivity contribution in [3.8, 4) is 0 Å². The van der Waals surface area contributed by atoms with Gasteiger partial charge in [0.1, 0.15) is 5.82 Å². The van der Waals surface area contributed by atoms with E-state index in [0.717, 1.165) is 49.6 Å². The van der Waals surface area contributed by atoms with E-state index in [1.165, 1.54) is 0 Å². The third-order valence-corrected chi connectivity index (χ3v) is 4.12. The zero-order valence-electron chi connectivity index (χ0n) is 11.1. The molecule has 0 heterocycles. The van der Waals surface area contributed by atoms with Gasteiger partial charge in [0, 0.05) is 11.3 Å². The minimum absolute atomic E-state index is 0.0550. The van der Waals surface area contributed by atoms with Crippen LogP contribution in [0.15, 0.2) is 17.0 Å². The van der Waals surface area contributed by atoms with Crippen LogP contribution >= 0.6 is 23.4 Å². The Balaban J connectivity index is 2.69. The molecule has 110 valence electrons. The van der Waals surface area contributed by atoms with Crippen molar-refractivity contribution in [1.29, 1.82) is 0 Å². The molecule has 0 aliphatic rings. The molecule has 0 aromatic heterocycles. The molecular weight excluding hydrogens is 303 g/mol. The van der Waals surface area contributed by atoms with Gasteiger partial charge >= 0.3 is 5.97 Å². The van der Waals surface area contributed by atoms with Gasteiger partial charge in [0.15, 0.2) is 5.12 Å². The third-order valence-electron chi connectivity index (χ3n) is 2.71. The summed E-state index contributed by atoms with van der Waals surface area (Å²) in [5.74, 6) is -2.28. The molecule has 1 N–H and O–H groups in total. The molecule has 0 saturated heterocycles. The molecule has 3 nitrogen and oxygen atoms in total. The molecule has 6 heteroatoms. The van der Waals surface area contributed by atoms with Gasteiger partial charge < -0.3 is 5.11 Å². The second-order valence-corrected chi connectivity index (χ2v) is 5.86. The molecular formula is C14H16ClFO3S. The van der Waals surface area contributed by atoms with Gasteiger partial charge in [0.25, 0.3) is 0 Å². The fourth-order valence-electron chi connectivity index (χ4n) is 1.64. The number of benzene rings is 1. The molecule has 20 heavy (non-hydrogen) atoms. The first kappa shape index (κ1) is 17.0. The Bertz CT molecular complexity index is 505. The summed E-state index contributed by atoms with van der Waals surface area (Å²) in [6.45, 7) is 2.09. The molecule has 0 radical (unpaired) electrons. The lowest BCUT2D eigenvalue weighted by molar-refractivity contribution is -0.111. The number of unbranched alkanes of at least 4 members (excludes halogenated alkanes) is 3. The topological polar surface area (TPSA) is 54.4 Å². The van der Waals surface area contributed by atoms with E-state index in [0.29, 0.717) is 6.42 Å². The molecule has 1 rings (SSSR count). The highest BCUT2D eigenvalue weighted by molar-refractivity contribution is 8.13. The van der Waals surface area contributed by atoms with E-state index in [1.54, 1.807) is 0 Å². The smallest absolute Gasteiger partial charge is 0.338 e. The van der Waals surface area contributed by atoms with Gasteiger partial charge in [-0.15, -0.1) is 0 Å². The van der Waals surface area contributed by atoms with Crippen LogP contribution in [0.5, 0.6) is 0 Å². The van der Waals surface area contributed by atoms with Crippen LogP contribution in [0.25, 0.3) is 0 Å². The predicted octanol–water partition coefficient (Wildman–Crippen LogP) is 4.77. The SMILES string of the molecule is CCCCCCC(=O)Sc1cc(C(=O)O)c(F)cc1Cl. The molecule has 1 aromatic carbocycles. The largest absolute Gasteiger partial charge is 0.478 e. The lowest BCUT2D eigenvalue weighted by Crippen LogP contribution is -2.01. The number of carbonyl (C=O) groups is 2. The number of carboxylic acid groups (broad SMARTS) is 1. The fourth-order valence-corrected chi connectivity index (χ4v) is 2.73. The fraction of sp³-hybridized carbons (Fsp3) is 0.429. The van der Waals surface area contributed by atoms with Crippen molar-refractivity contribution < 1.29 is 19.1 Å². The molecule has 0 aliphatic heterocycles. The number of halogens is 2. The Hall–Kier alpha value is -1.07. The second kappa shape index (κ2) is 8.27. The van der Waals surface area contributed by atoms with Crippen molar-refractivity contribution in [1.82, 2.24) is 0 Å². The lowest BCUT2D eigenvalue weighted by atomic mass is 10.2. The lowest BCUT2D eigenvalue weighted by Gasteiger charge is -2.06. The molecule has 0 aliphatic carbocycles. The maximum absolute atomic E-state index is 13.3. The van der Waals surface area contributed by atoms with E-state index in [2.05, 4.69) is 6.92 Å². The molecule has 0 saturated carbocycles. The van der Waals surface area contributed by atoms with Crippen molar-refractivity contribution in [2.45, 2.75) is 43.9 Å². The summed E-state index contributed by atoms with van der Waals surface area (Å²) < 4.78 is 13.3. The summed E-state index contributed by atoms with van der Waals surface area (Å²) in [4.78, 5) is 22.9. The van der Waals surface area contributed by atoms with Gasteiger partial charge in [-0.05, 0) is 18.6 Å². The predicted molar refractivity (Wildman–Crippen MR) is 78.0 cm³/mol. The molecule has 0 spiro atoms. The molecule has 0 amide bonds. The number of thioether (sulfide) groups is 1. The van der Waals surface area contributed by atoms with Crippen LogP contribution in [0.2, 0.25) is 5.02 Å². The van der Waals surface area contributed by atoms with Crippen LogP contribution < -0.4 is 0 Å². The summed E-state index contributed by atoms with van der Waals surface area (Å²) in [5.41, 5.74) is -0.476. The number of carbonyl (C=O) groups excluding carboxylic acids is 1. The zero-order valence-corrected chi connectivity index (χ0v) is 12.7. The Labute approximate surface area is 126 Å². The Morgan fingerprint density at radius 3 is 2.60 bits per heavy atom. The van der Waals surface area contributed by atoms with Gasteiger partial charge in [0.2, 0.25) is 0 Å². The molecule has 0 atom stereocenters. The Morgan fingerprint density at radius 1 is 1.30 bits per heavy atom. The molecule has 1 aromatic rings.